The van der Waals surface area contributed by atoms with Crippen LogP contribution >= 0.6 is 0 Å². The minimum absolute atomic E-state index is 0.241. The van der Waals surface area contributed by atoms with Crippen LogP contribution < -0.4 is 5.32 Å². The van der Waals surface area contributed by atoms with Crippen molar-refractivity contribution in [3.8, 4) is 0 Å². The van der Waals surface area contributed by atoms with Crippen LogP contribution in [0.4, 0.5) is 0 Å². The van der Waals surface area contributed by atoms with Crippen LogP contribution in [-0.2, 0) is 32.7 Å². The van der Waals surface area contributed by atoms with Crippen molar-refractivity contribution in [1.29, 1.82) is 0 Å². The molecule has 2 heterocycles. The molecular formula is C24H24N2O4S. The SMILES string of the molecule is O=C1CCC(c2ccc3c(c2)CN(S(=O)(=O)c2ccc(C4=CCCC4)cc2)C3)C(=O)N1. The highest BCUT2D eigenvalue weighted by Crippen LogP contribution is 2.34. The molecule has 1 saturated heterocycles. The first kappa shape index (κ1) is 20.2. The summed E-state index contributed by atoms with van der Waals surface area (Å²) in [6.45, 7) is 0.603. The van der Waals surface area contributed by atoms with Gasteiger partial charge >= 0.3 is 0 Å². The van der Waals surface area contributed by atoms with E-state index in [9.17, 15) is 18.0 Å². The normalized spacial score (nSPS) is 21.7. The number of sulfonamides is 1. The summed E-state index contributed by atoms with van der Waals surface area (Å²) in [5.41, 5.74) is 5.08. The molecule has 2 aliphatic heterocycles. The standard InChI is InChI=1S/C24H24N2O4S/c27-23-12-11-22(24(28)25-23)18-5-6-19-14-26(15-20(19)13-18)31(29,30)21-9-7-17(8-10-21)16-3-1-2-4-16/h3,5-10,13,22H,1-2,4,11-12,14-15H2,(H,25,27,28). The van der Waals surface area contributed by atoms with E-state index >= 15 is 0 Å². The van der Waals surface area contributed by atoms with Gasteiger partial charge in [0.05, 0.1) is 10.8 Å². The number of hydrogen-bond acceptors (Lipinski definition) is 4. The molecule has 0 aromatic heterocycles. The average molecular weight is 437 g/mol. The van der Waals surface area contributed by atoms with Gasteiger partial charge in [-0.05, 0) is 65.6 Å². The van der Waals surface area contributed by atoms with Gasteiger partial charge in [-0.2, -0.15) is 4.31 Å². The van der Waals surface area contributed by atoms with Crippen molar-refractivity contribution in [3.63, 3.8) is 0 Å². The average Bonchev–Trinajstić information content (AvgIpc) is 3.44. The van der Waals surface area contributed by atoms with Crippen LogP contribution in [-0.4, -0.2) is 24.5 Å². The summed E-state index contributed by atoms with van der Waals surface area (Å²) in [6.07, 6.45) is 6.31. The number of nitrogens with one attached hydrogen (secondary N) is 1. The van der Waals surface area contributed by atoms with E-state index in [-0.39, 0.29) is 24.3 Å². The Hall–Kier alpha value is -2.77. The maximum Gasteiger partial charge on any atom is 0.243 e. The quantitative estimate of drug-likeness (QED) is 0.744. The summed E-state index contributed by atoms with van der Waals surface area (Å²) in [7, 11) is -3.61. The topological polar surface area (TPSA) is 83.6 Å². The maximum atomic E-state index is 13.2. The lowest BCUT2D eigenvalue weighted by atomic mass is 9.89. The third-order valence-electron chi connectivity index (χ3n) is 6.47. The molecule has 7 heteroatoms. The van der Waals surface area contributed by atoms with Crippen LogP contribution in [0.1, 0.15) is 60.3 Å². The van der Waals surface area contributed by atoms with Gasteiger partial charge in [-0.15, -0.1) is 0 Å². The fraction of sp³-hybridized carbons (Fsp3) is 0.333. The number of benzene rings is 2. The highest BCUT2D eigenvalue weighted by Gasteiger charge is 2.33. The Morgan fingerprint density at radius 3 is 2.42 bits per heavy atom. The number of piperidine rings is 1. The third-order valence-corrected chi connectivity index (χ3v) is 8.28. The van der Waals surface area contributed by atoms with Crippen molar-refractivity contribution in [2.45, 2.75) is 56.0 Å². The molecular weight excluding hydrogens is 412 g/mol. The fourth-order valence-electron chi connectivity index (χ4n) is 4.70. The summed E-state index contributed by atoms with van der Waals surface area (Å²) < 4.78 is 27.9. The monoisotopic (exact) mass is 436 g/mol. The largest absolute Gasteiger partial charge is 0.296 e. The number of carbonyl (C=O) groups excluding carboxylic acids is 2. The van der Waals surface area contributed by atoms with Crippen molar-refractivity contribution in [2.24, 2.45) is 0 Å². The Labute approximate surface area is 182 Å². The first-order valence-corrected chi connectivity index (χ1v) is 12.1. The summed E-state index contributed by atoms with van der Waals surface area (Å²) in [6, 6.07) is 12.9. The molecule has 160 valence electrons. The van der Waals surface area contributed by atoms with Crippen LogP contribution in [0.3, 0.4) is 0 Å². The number of amides is 2. The number of rotatable bonds is 4. The number of fused-ring (bicyclic) bond motifs is 1. The van der Waals surface area contributed by atoms with E-state index in [1.165, 1.54) is 9.88 Å². The van der Waals surface area contributed by atoms with Crippen LogP contribution in [0.2, 0.25) is 0 Å². The molecule has 2 aromatic carbocycles. The molecule has 6 nitrogen and oxygen atoms in total. The van der Waals surface area contributed by atoms with Crippen LogP contribution in [0.5, 0.6) is 0 Å². The summed E-state index contributed by atoms with van der Waals surface area (Å²) >= 11 is 0. The predicted octanol–water partition coefficient (Wildman–Crippen LogP) is 3.48. The molecule has 5 rings (SSSR count). The van der Waals surface area contributed by atoms with E-state index in [0.717, 1.165) is 41.5 Å². The molecule has 3 aliphatic rings. The molecule has 2 amide bonds. The molecule has 0 spiro atoms. The van der Waals surface area contributed by atoms with Crippen LogP contribution in [0, 0.1) is 0 Å². The van der Waals surface area contributed by atoms with Crippen molar-refractivity contribution in [2.75, 3.05) is 0 Å². The van der Waals surface area contributed by atoms with Crippen molar-refractivity contribution in [3.05, 3.63) is 70.8 Å². The number of allylic oxidation sites excluding steroid dienone is 2. The molecule has 1 N–H and O–H groups in total. The molecule has 1 aliphatic carbocycles. The summed E-state index contributed by atoms with van der Waals surface area (Å²) in [4.78, 5) is 23.9. The van der Waals surface area contributed by atoms with Gasteiger partial charge in [0.15, 0.2) is 0 Å². The van der Waals surface area contributed by atoms with Gasteiger partial charge in [0.25, 0.3) is 0 Å². The first-order valence-electron chi connectivity index (χ1n) is 10.7. The minimum atomic E-state index is -3.61. The van der Waals surface area contributed by atoms with Gasteiger partial charge in [0.2, 0.25) is 21.8 Å². The third kappa shape index (κ3) is 3.72. The summed E-state index contributed by atoms with van der Waals surface area (Å²) in [5.74, 6) is -0.892. The highest BCUT2D eigenvalue weighted by molar-refractivity contribution is 7.89. The van der Waals surface area contributed by atoms with E-state index in [1.807, 2.05) is 30.3 Å². The van der Waals surface area contributed by atoms with E-state index in [2.05, 4.69) is 11.4 Å². The second kappa shape index (κ2) is 7.73. The van der Waals surface area contributed by atoms with Gasteiger partial charge in [-0.3, -0.25) is 14.9 Å². The Bertz CT molecular complexity index is 1200. The molecule has 1 fully saturated rings. The Kier molecular flexibility index (Phi) is 5.02. The van der Waals surface area contributed by atoms with Gasteiger partial charge in [0.1, 0.15) is 0 Å². The molecule has 2 aromatic rings. The Morgan fingerprint density at radius 1 is 0.935 bits per heavy atom. The van der Waals surface area contributed by atoms with Crippen molar-refractivity contribution >= 4 is 27.4 Å². The van der Waals surface area contributed by atoms with Gasteiger partial charge in [-0.1, -0.05) is 36.4 Å². The van der Waals surface area contributed by atoms with E-state index in [0.29, 0.717) is 24.3 Å². The van der Waals surface area contributed by atoms with Gasteiger partial charge in [0, 0.05) is 19.5 Å². The van der Waals surface area contributed by atoms with Crippen molar-refractivity contribution < 1.29 is 18.0 Å². The number of carbonyl (C=O) groups is 2. The molecule has 0 radical (unpaired) electrons. The zero-order valence-electron chi connectivity index (χ0n) is 17.1. The minimum Gasteiger partial charge on any atom is -0.296 e. The first-order chi connectivity index (χ1) is 14.9. The van der Waals surface area contributed by atoms with Gasteiger partial charge < -0.3 is 0 Å². The Morgan fingerprint density at radius 2 is 1.71 bits per heavy atom. The number of imide groups is 1. The Balaban J connectivity index is 1.35. The predicted molar refractivity (Wildman–Crippen MR) is 116 cm³/mol. The van der Waals surface area contributed by atoms with E-state index in [4.69, 9.17) is 0 Å². The highest BCUT2D eigenvalue weighted by atomic mass is 32.2. The molecule has 0 saturated carbocycles. The van der Waals surface area contributed by atoms with E-state index < -0.39 is 10.0 Å². The van der Waals surface area contributed by atoms with Gasteiger partial charge in [-0.25, -0.2) is 8.42 Å². The second-order valence-electron chi connectivity index (χ2n) is 8.45. The van der Waals surface area contributed by atoms with Crippen molar-refractivity contribution in [1.82, 2.24) is 9.62 Å². The smallest absolute Gasteiger partial charge is 0.243 e. The summed E-state index contributed by atoms with van der Waals surface area (Å²) in [5, 5.41) is 2.39. The lowest BCUT2D eigenvalue weighted by Gasteiger charge is -2.21. The zero-order chi connectivity index (χ0) is 21.6. The maximum absolute atomic E-state index is 13.2. The van der Waals surface area contributed by atoms with E-state index in [1.54, 1.807) is 12.1 Å². The molecule has 31 heavy (non-hydrogen) atoms. The lowest BCUT2D eigenvalue weighted by molar-refractivity contribution is -0.134. The number of hydrogen-bond donors (Lipinski definition) is 1. The molecule has 1 atom stereocenters. The molecule has 1 unspecified atom stereocenters. The zero-order valence-corrected chi connectivity index (χ0v) is 18.0. The lowest BCUT2D eigenvalue weighted by Crippen LogP contribution is -2.39. The molecule has 0 bridgehead atoms. The van der Waals surface area contributed by atoms with Crippen LogP contribution in [0.25, 0.3) is 5.57 Å². The number of nitrogens with zero attached hydrogens (tertiary/aromatic N) is 1. The fourth-order valence-corrected chi connectivity index (χ4v) is 6.10. The van der Waals surface area contributed by atoms with Crippen LogP contribution in [0.15, 0.2) is 53.4 Å². The second-order valence-corrected chi connectivity index (χ2v) is 10.4.